The van der Waals surface area contributed by atoms with Crippen LogP contribution in [0.4, 0.5) is 5.82 Å². The number of ether oxygens (including phenoxy) is 1. The molecule has 2 heterocycles. The van der Waals surface area contributed by atoms with Crippen molar-refractivity contribution >= 4 is 11.7 Å². The van der Waals surface area contributed by atoms with E-state index < -0.39 is 0 Å². The minimum absolute atomic E-state index is 0.0451. The second-order valence-electron chi connectivity index (χ2n) is 5.57. The Kier molecular flexibility index (Phi) is 3.37. The van der Waals surface area contributed by atoms with Gasteiger partial charge >= 0.3 is 0 Å². The zero-order chi connectivity index (χ0) is 15.0. The highest BCUT2D eigenvalue weighted by molar-refractivity contribution is 6.00. The summed E-state index contributed by atoms with van der Waals surface area (Å²) >= 11 is 0. The summed E-state index contributed by atoms with van der Waals surface area (Å²) in [7, 11) is 1.74. The van der Waals surface area contributed by atoms with Crippen LogP contribution in [0.1, 0.15) is 30.9 Å². The summed E-state index contributed by atoms with van der Waals surface area (Å²) in [6.07, 6.45) is 2.02. The van der Waals surface area contributed by atoms with Crippen LogP contribution in [0.25, 0.3) is 0 Å². The third-order valence-corrected chi connectivity index (χ3v) is 3.78. The summed E-state index contributed by atoms with van der Waals surface area (Å²) in [5, 5.41) is 0. The first-order valence-electron chi connectivity index (χ1n) is 7.08. The summed E-state index contributed by atoms with van der Waals surface area (Å²) < 4.78 is 5.93. The molecule has 108 valence electrons. The highest BCUT2D eigenvalue weighted by Gasteiger charge is 2.28. The molecule has 21 heavy (non-hydrogen) atoms. The Labute approximate surface area is 124 Å². The van der Waals surface area contributed by atoms with Crippen LogP contribution in [0, 0.1) is 0 Å². The number of anilines is 1. The highest BCUT2D eigenvalue weighted by Crippen LogP contribution is 2.35. The Morgan fingerprint density at radius 1 is 1.19 bits per heavy atom. The molecule has 0 spiro atoms. The van der Waals surface area contributed by atoms with E-state index in [0.29, 0.717) is 23.9 Å². The molecule has 0 radical (unpaired) electrons. The van der Waals surface area contributed by atoms with E-state index in [4.69, 9.17) is 4.74 Å². The third kappa shape index (κ3) is 2.49. The molecule has 1 aromatic carbocycles. The van der Waals surface area contributed by atoms with Crippen LogP contribution in [0.5, 0.6) is 11.5 Å². The van der Waals surface area contributed by atoms with Crippen molar-refractivity contribution < 1.29 is 9.53 Å². The smallest absolute Gasteiger partial charge is 0.232 e. The van der Waals surface area contributed by atoms with Gasteiger partial charge in [0.15, 0.2) is 0 Å². The normalized spacial score (nSPS) is 13.7. The molecule has 1 aromatic heterocycles. The van der Waals surface area contributed by atoms with Crippen molar-refractivity contribution in [2.45, 2.75) is 26.2 Å². The lowest BCUT2D eigenvalue weighted by molar-refractivity contribution is -0.117. The van der Waals surface area contributed by atoms with Gasteiger partial charge < -0.3 is 4.74 Å². The number of aromatic nitrogens is 1. The number of likely N-dealkylation sites (N-methyl/N-ethyl adjacent to an activating group) is 1. The van der Waals surface area contributed by atoms with Crippen molar-refractivity contribution in [1.29, 1.82) is 0 Å². The monoisotopic (exact) mass is 282 g/mol. The summed E-state index contributed by atoms with van der Waals surface area (Å²) in [5.74, 6) is 2.71. The first-order chi connectivity index (χ1) is 10.1. The van der Waals surface area contributed by atoms with Gasteiger partial charge in [0, 0.05) is 18.8 Å². The van der Waals surface area contributed by atoms with Crippen molar-refractivity contribution in [2.75, 3.05) is 11.9 Å². The van der Waals surface area contributed by atoms with Crippen LogP contribution in [0.2, 0.25) is 0 Å². The number of carbonyl (C=O) groups is 1. The lowest BCUT2D eigenvalue weighted by atomic mass is 10.0. The molecule has 0 fully saturated rings. The molecular weight excluding hydrogens is 264 g/mol. The van der Waals surface area contributed by atoms with Gasteiger partial charge in [-0.05, 0) is 29.7 Å². The molecule has 4 nitrogen and oxygen atoms in total. The first kappa shape index (κ1) is 13.6. The van der Waals surface area contributed by atoms with Crippen LogP contribution in [0.15, 0.2) is 36.5 Å². The predicted octanol–water partition coefficient (Wildman–Crippen LogP) is 3.52. The lowest BCUT2D eigenvalue weighted by Gasteiger charge is -2.12. The van der Waals surface area contributed by atoms with Crippen molar-refractivity contribution in [3.63, 3.8) is 0 Å². The Hall–Kier alpha value is -2.36. The second-order valence-corrected chi connectivity index (χ2v) is 5.57. The van der Waals surface area contributed by atoms with Gasteiger partial charge in [-0.2, -0.15) is 0 Å². The summed E-state index contributed by atoms with van der Waals surface area (Å²) in [5.41, 5.74) is 2.13. The molecule has 0 saturated carbocycles. The van der Waals surface area contributed by atoms with Gasteiger partial charge in [0.05, 0.1) is 6.42 Å². The maximum absolute atomic E-state index is 11.8. The largest absolute Gasteiger partial charge is 0.457 e. The quantitative estimate of drug-likeness (QED) is 0.865. The van der Waals surface area contributed by atoms with Crippen LogP contribution < -0.4 is 9.64 Å². The van der Waals surface area contributed by atoms with Crippen molar-refractivity contribution in [1.82, 2.24) is 4.98 Å². The lowest BCUT2D eigenvalue weighted by Crippen LogP contribution is -2.21. The zero-order valence-electron chi connectivity index (χ0n) is 12.5. The molecule has 0 unspecified atom stereocenters. The number of pyridine rings is 1. The van der Waals surface area contributed by atoms with E-state index in [1.54, 1.807) is 18.1 Å². The van der Waals surface area contributed by atoms with Crippen LogP contribution in [0.3, 0.4) is 0 Å². The number of hydrogen-bond acceptors (Lipinski definition) is 3. The van der Waals surface area contributed by atoms with E-state index in [-0.39, 0.29) is 5.91 Å². The highest BCUT2D eigenvalue weighted by atomic mass is 16.5. The van der Waals surface area contributed by atoms with Gasteiger partial charge in [-0.1, -0.05) is 26.0 Å². The molecule has 1 aliphatic heterocycles. The first-order valence-corrected chi connectivity index (χ1v) is 7.08. The maximum Gasteiger partial charge on any atom is 0.232 e. The molecule has 0 saturated heterocycles. The van der Waals surface area contributed by atoms with Crippen molar-refractivity contribution in [3.8, 4) is 11.5 Å². The molecule has 3 rings (SSSR count). The van der Waals surface area contributed by atoms with Crippen LogP contribution >= 0.6 is 0 Å². The van der Waals surface area contributed by atoms with Gasteiger partial charge in [-0.3, -0.25) is 9.69 Å². The van der Waals surface area contributed by atoms with E-state index in [1.807, 2.05) is 18.2 Å². The van der Waals surface area contributed by atoms with Crippen LogP contribution in [-0.2, 0) is 11.2 Å². The van der Waals surface area contributed by atoms with E-state index in [0.717, 1.165) is 11.3 Å². The van der Waals surface area contributed by atoms with Gasteiger partial charge in [0.2, 0.25) is 5.91 Å². The maximum atomic E-state index is 11.8. The Morgan fingerprint density at radius 2 is 1.90 bits per heavy atom. The van der Waals surface area contributed by atoms with Crippen molar-refractivity contribution in [3.05, 3.63) is 47.7 Å². The predicted molar refractivity (Wildman–Crippen MR) is 82.0 cm³/mol. The third-order valence-electron chi connectivity index (χ3n) is 3.78. The van der Waals surface area contributed by atoms with Crippen LogP contribution in [-0.4, -0.2) is 17.9 Å². The standard InChI is InChI=1S/C17H18N2O2/c1-11(2)12-4-6-13(7-5-12)21-15-8-9-18-17-14(15)10-16(20)19(17)3/h4-9,11H,10H2,1-3H3. The molecule has 1 aliphatic rings. The minimum atomic E-state index is 0.0451. The summed E-state index contributed by atoms with van der Waals surface area (Å²) in [4.78, 5) is 17.6. The number of hydrogen-bond donors (Lipinski definition) is 0. The van der Waals surface area contributed by atoms with E-state index in [9.17, 15) is 4.79 Å². The molecule has 0 N–H and O–H groups in total. The van der Waals surface area contributed by atoms with E-state index >= 15 is 0 Å². The Morgan fingerprint density at radius 3 is 2.57 bits per heavy atom. The number of nitrogens with zero attached hydrogens (tertiary/aromatic N) is 2. The number of rotatable bonds is 3. The average Bonchev–Trinajstić information content (AvgIpc) is 2.77. The number of benzene rings is 1. The molecule has 0 atom stereocenters. The Balaban J connectivity index is 1.88. The molecule has 2 aromatic rings. The number of fused-ring (bicyclic) bond motifs is 1. The zero-order valence-corrected chi connectivity index (χ0v) is 12.5. The van der Waals surface area contributed by atoms with Gasteiger partial charge in [-0.15, -0.1) is 0 Å². The summed E-state index contributed by atoms with van der Waals surface area (Å²) in [6, 6.07) is 9.87. The molecule has 0 aliphatic carbocycles. The SMILES string of the molecule is CC(C)c1ccc(Oc2ccnc3c2CC(=O)N3C)cc1. The molecular formula is C17H18N2O2. The molecule has 1 amide bonds. The van der Waals surface area contributed by atoms with E-state index in [2.05, 4.69) is 31.0 Å². The number of amides is 1. The average molecular weight is 282 g/mol. The number of carbonyl (C=O) groups excluding carboxylic acids is 1. The minimum Gasteiger partial charge on any atom is -0.457 e. The fourth-order valence-corrected chi connectivity index (χ4v) is 2.45. The topological polar surface area (TPSA) is 42.4 Å². The van der Waals surface area contributed by atoms with Gasteiger partial charge in [0.1, 0.15) is 17.3 Å². The fraction of sp³-hybridized carbons (Fsp3) is 0.294. The fourth-order valence-electron chi connectivity index (χ4n) is 2.45. The molecule has 4 heteroatoms. The van der Waals surface area contributed by atoms with Crippen molar-refractivity contribution in [2.24, 2.45) is 0 Å². The second kappa shape index (κ2) is 5.20. The van der Waals surface area contributed by atoms with Gasteiger partial charge in [0.25, 0.3) is 0 Å². The van der Waals surface area contributed by atoms with Gasteiger partial charge in [-0.25, -0.2) is 4.98 Å². The Bertz CT molecular complexity index is 678. The molecule has 0 bridgehead atoms. The summed E-state index contributed by atoms with van der Waals surface area (Å²) in [6.45, 7) is 4.32. The van der Waals surface area contributed by atoms with E-state index in [1.165, 1.54) is 5.56 Å².